The van der Waals surface area contributed by atoms with Gasteiger partial charge in [-0.1, -0.05) is 38.7 Å². The first-order chi connectivity index (χ1) is 16.2. The largest absolute Gasteiger partial charge is 0.103 e. The van der Waals surface area contributed by atoms with E-state index in [1.165, 1.54) is 32.1 Å². The number of rotatable bonds is 7. The van der Waals surface area contributed by atoms with Crippen LogP contribution < -0.4 is 0 Å². The Kier molecular flexibility index (Phi) is 8.63. The first-order valence-corrected chi connectivity index (χ1v) is 15.8. The van der Waals surface area contributed by atoms with Crippen LogP contribution in [0.2, 0.25) is 0 Å². The second-order valence-corrected chi connectivity index (χ2v) is 13.9. The van der Waals surface area contributed by atoms with Crippen molar-refractivity contribution in [1.82, 2.24) is 0 Å². The normalized spacial score (nSPS) is 46.2. The van der Waals surface area contributed by atoms with Gasteiger partial charge in [0.2, 0.25) is 0 Å². The van der Waals surface area contributed by atoms with E-state index < -0.39 is 0 Å². The lowest BCUT2D eigenvalue weighted by Crippen LogP contribution is -2.36. The summed E-state index contributed by atoms with van der Waals surface area (Å²) in [5.41, 5.74) is 0. The average molecular weight is 453 g/mol. The number of hydrogen-bond donors (Lipinski definition) is 0. The van der Waals surface area contributed by atoms with E-state index in [1.807, 2.05) is 0 Å². The molecule has 0 amide bonds. The molecule has 0 radical (unpaired) electrons. The fraction of sp³-hybridized carbons (Fsp3) is 0.939. The maximum Gasteiger partial charge on any atom is -0.0351 e. The van der Waals surface area contributed by atoms with Gasteiger partial charge in [0, 0.05) is 0 Å². The van der Waals surface area contributed by atoms with Gasteiger partial charge in [-0.15, -0.1) is 6.58 Å². The molecule has 188 valence electrons. The van der Waals surface area contributed by atoms with E-state index in [0.717, 1.165) is 59.2 Å². The maximum atomic E-state index is 3.95. The van der Waals surface area contributed by atoms with Crippen LogP contribution in [0.4, 0.5) is 0 Å². The summed E-state index contributed by atoms with van der Waals surface area (Å²) in [7, 11) is 0. The highest BCUT2D eigenvalue weighted by Gasteiger charge is 2.41. The minimum absolute atomic E-state index is 1.02. The van der Waals surface area contributed by atoms with Crippen molar-refractivity contribution in [3.63, 3.8) is 0 Å². The molecule has 5 saturated carbocycles. The molecule has 5 aliphatic rings. The van der Waals surface area contributed by atoms with Gasteiger partial charge in [-0.25, -0.2) is 0 Å². The van der Waals surface area contributed by atoms with Crippen molar-refractivity contribution in [2.24, 2.45) is 59.2 Å². The Morgan fingerprint density at radius 1 is 0.485 bits per heavy atom. The Labute approximate surface area is 207 Å². The molecule has 0 aromatic carbocycles. The minimum atomic E-state index is 1.02. The monoisotopic (exact) mass is 452 g/mol. The molecule has 5 rings (SSSR count). The van der Waals surface area contributed by atoms with Gasteiger partial charge in [-0.05, 0) is 162 Å². The zero-order chi connectivity index (χ0) is 22.6. The molecule has 33 heavy (non-hydrogen) atoms. The fourth-order valence-electron chi connectivity index (χ4n) is 10.3. The van der Waals surface area contributed by atoms with Crippen LogP contribution in [0.5, 0.6) is 0 Å². The highest BCUT2D eigenvalue weighted by atomic mass is 14.5. The Bertz CT molecular complexity index is 597. The van der Waals surface area contributed by atoms with Crippen LogP contribution in [0, 0.1) is 59.2 Å². The van der Waals surface area contributed by atoms with E-state index in [0.29, 0.717) is 0 Å². The Morgan fingerprint density at radius 3 is 1.30 bits per heavy atom. The van der Waals surface area contributed by atoms with E-state index in [9.17, 15) is 0 Å². The Balaban J connectivity index is 1.04. The summed E-state index contributed by atoms with van der Waals surface area (Å²) in [6, 6.07) is 0. The van der Waals surface area contributed by atoms with E-state index >= 15 is 0 Å². The topological polar surface area (TPSA) is 0 Å². The fourth-order valence-corrected chi connectivity index (χ4v) is 10.3. The second kappa shape index (κ2) is 11.6. The van der Waals surface area contributed by atoms with Crippen LogP contribution in [-0.2, 0) is 0 Å². The number of fused-ring (bicyclic) bond motifs is 2. The van der Waals surface area contributed by atoms with E-state index in [1.54, 1.807) is 96.3 Å². The maximum absolute atomic E-state index is 3.95. The predicted octanol–water partition coefficient (Wildman–Crippen LogP) is 10.2. The number of allylic oxidation sites excluding steroid dienone is 1. The second-order valence-electron chi connectivity index (χ2n) is 13.9. The van der Waals surface area contributed by atoms with E-state index in [-0.39, 0.29) is 0 Å². The lowest BCUT2D eigenvalue weighted by Gasteiger charge is -2.47. The van der Waals surface area contributed by atoms with Crippen LogP contribution in [0.15, 0.2) is 12.7 Å². The summed E-state index contributed by atoms with van der Waals surface area (Å²) in [4.78, 5) is 0. The van der Waals surface area contributed by atoms with Crippen molar-refractivity contribution in [1.29, 1.82) is 0 Å². The molecule has 0 bridgehead atoms. The SMILES string of the molecule is C=CCCC1CCC2CC(C3CCC(C4CCC5CC(CCC)CCC5C4)CC3)CCC2C1. The molecule has 0 heterocycles. The van der Waals surface area contributed by atoms with Gasteiger partial charge >= 0.3 is 0 Å². The first-order valence-electron chi connectivity index (χ1n) is 15.8. The van der Waals surface area contributed by atoms with Crippen LogP contribution >= 0.6 is 0 Å². The van der Waals surface area contributed by atoms with Gasteiger partial charge in [-0.2, -0.15) is 0 Å². The van der Waals surface area contributed by atoms with Crippen molar-refractivity contribution in [3.8, 4) is 0 Å². The Morgan fingerprint density at radius 2 is 0.848 bits per heavy atom. The van der Waals surface area contributed by atoms with Crippen LogP contribution in [0.25, 0.3) is 0 Å². The lowest BCUT2D eigenvalue weighted by molar-refractivity contribution is 0.0349. The molecule has 0 saturated heterocycles. The van der Waals surface area contributed by atoms with Gasteiger partial charge < -0.3 is 0 Å². The quantitative estimate of drug-likeness (QED) is 0.337. The molecular formula is C33H56. The predicted molar refractivity (Wildman–Crippen MR) is 143 cm³/mol. The molecule has 0 aromatic heterocycles. The molecular weight excluding hydrogens is 396 g/mol. The minimum Gasteiger partial charge on any atom is -0.103 e. The molecule has 8 unspecified atom stereocenters. The van der Waals surface area contributed by atoms with Crippen molar-refractivity contribution < 1.29 is 0 Å². The molecule has 0 spiro atoms. The van der Waals surface area contributed by atoms with Crippen molar-refractivity contribution in [3.05, 3.63) is 12.7 Å². The summed E-state index contributed by atoms with van der Waals surface area (Å²) in [6.07, 6.45) is 33.1. The van der Waals surface area contributed by atoms with Crippen molar-refractivity contribution in [2.75, 3.05) is 0 Å². The summed E-state index contributed by atoms with van der Waals surface area (Å²) < 4.78 is 0. The summed E-state index contributed by atoms with van der Waals surface area (Å²) in [5, 5.41) is 0. The summed E-state index contributed by atoms with van der Waals surface area (Å²) in [6.45, 7) is 6.34. The lowest BCUT2D eigenvalue weighted by atomic mass is 9.58. The van der Waals surface area contributed by atoms with Crippen molar-refractivity contribution in [2.45, 2.75) is 135 Å². The highest BCUT2D eigenvalue weighted by Crippen LogP contribution is 2.53. The average Bonchev–Trinajstić information content (AvgIpc) is 2.87. The van der Waals surface area contributed by atoms with Crippen molar-refractivity contribution >= 4 is 0 Å². The standard InChI is InChI=1S/C33H56/c1-3-5-7-25-9-11-33-23-31(19-17-29(33)21-25)27-14-12-26(13-15-27)30-18-16-28-20-24(6-4-2)8-10-32(28)22-30/h3,24-33H,1,4-23H2,2H3. The van der Waals surface area contributed by atoms with Gasteiger partial charge in [0.05, 0.1) is 0 Å². The third kappa shape index (κ3) is 5.94. The molecule has 5 aliphatic carbocycles. The highest BCUT2D eigenvalue weighted by molar-refractivity contribution is 4.92. The zero-order valence-corrected chi connectivity index (χ0v) is 22.2. The third-order valence-corrected chi connectivity index (χ3v) is 12.2. The van der Waals surface area contributed by atoms with Gasteiger partial charge in [0.15, 0.2) is 0 Å². The molecule has 8 atom stereocenters. The molecule has 5 fully saturated rings. The summed E-state index contributed by atoms with van der Waals surface area (Å²) >= 11 is 0. The van der Waals surface area contributed by atoms with Crippen LogP contribution in [-0.4, -0.2) is 0 Å². The van der Waals surface area contributed by atoms with E-state index in [2.05, 4.69) is 19.6 Å². The van der Waals surface area contributed by atoms with Crippen LogP contribution in [0.1, 0.15) is 135 Å². The molecule has 0 aliphatic heterocycles. The number of hydrogen-bond acceptors (Lipinski definition) is 0. The molecule has 0 N–H and O–H groups in total. The van der Waals surface area contributed by atoms with E-state index in [4.69, 9.17) is 0 Å². The van der Waals surface area contributed by atoms with Gasteiger partial charge in [0.1, 0.15) is 0 Å². The third-order valence-electron chi connectivity index (χ3n) is 12.2. The zero-order valence-electron chi connectivity index (χ0n) is 22.2. The molecule has 0 aromatic rings. The van der Waals surface area contributed by atoms with Gasteiger partial charge in [-0.3, -0.25) is 0 Å². The Hall–Kier alpha value is -0.260. The van der Waals surface area contributed by atoms with Crippen LogP contribution in [0.3, 0.4) is 0 Å². The molecule has 0 heteroatoms. The first kappa shape index (κ1) is 24.4. The van der Waals surface area contributed by atoms with Gasteiger partial charge in [0.25, 0.3) is 0 Å². The molecule has 0 nitrogen and oxygen atoms in total. The summed E-state index contributed by atoms with van der Waals surface area (Å²) in [5.74, 6) is 10.9. The smallest absolute Gasteiger partial charge is 0.0351 e.